The summed E-state index contributed by atoms with van der Waals surface area (Å²) in [5.74, 6) is 0. The minimum Gasteiger partial charge on any atom is -0.393 e. The summed E-state index contributed by atoms with van der Waals surface area (Å²) >= 11 is 0. The molecule has 0 spiro atoms. The zero-order valence-corrected chi connectivity index (χ0v) is 7.89. The van der Waals surface area contributed by atoms with Crippen molar-refractivity contribution in [1.82, 2.24) is 5.32 Å². The molecular formula is C10H21NO. The maximum Gasteiger partial charge on any atom is 0.0540 e. The van der Waals surface area contributed by atoms with Gasteiger partial charge < -0.3 is 10.4 Å². The Morgan fingerprint density at radius 1 is 0.833 bits per heavy atom. The van der Waals surface area contributed by atoms with Crippen molar-refractivity contribution in [3.05, 3.63) is 0 Å². The molecule has 12 heavy (non-hydrogen) atoms. The highest BCUT2D eigenvalue weighted by molar-refractivity contribution is 4.60. The van der Waals surface area contributed by atoms with E-state index in [2.05, 4.69) is 5.32 Å². The number of nitrogens with one attached hydrogen (secondary N) is 1. The Bertz CT molecular complexity index is 94.0. The molecule has 1 heterocycles. The topological polar surface area (TPSA) is 32.3 Å². The van der Waals surface area contributed by atoms with Gasteiger partial charge in [0, 0.05) is 0 Å². The first-order valence-electron chi connectivity index (χ1n) is 5.28. The quantitative estimate of drug-likeness (QED) is 0.581. The number of aliphatic hydroxyl groups excluding tert-OH is 1. The largest absolute Gasteiger partial charge is 0.393 e. The minimum atomic E-state index is -0.0249. The summed E-state index contributed by atoms with van der Waals surface area (Å²) in [7, 11) is 0. The summed E-state index contributed by atoms with van der Waals surface area (Å²) in [5.41, 5.74) is 0. The van der Waals surface area contributed by atoms with Gasteiger partial charge in [0.1, 0.15) is 0 Å². The highest BCUT2D eigenvalue weighted by atomic mass is 16.3. The molecule has 0 bridgehead atoms. The van der Waals surface area contributed by atoms with Crippen LogP contribution in [0.4, 0.5) is 0 Å². The van der Waals surface area contributed by atoms with Gasteiger partial charge in [0.05, 0.1) is 6.10 Å². The smallest absolute Gasteiger partial charge is 0.0540 e. The fourth-order valence-electron chi connectivity index (χ4n) is 1.71. The maximum atomic E-state index is 9.50. The predicted octanol–water partition coefficient (Wildman–Crippen LogP) is 1.68. The molecule has 0 radical (unpaired) electrons. The summed E-state index contributed by atoms with van der Waals surface area (Å²) in [5, 5.41) is 12.9. The van der Waals surface area contributed by atoms with Crippen molar-refractivity contribution in [2.24, 2.45) is 0 Å². The molecule has 1 atom stereocenters. The molecule has 1 aliphatic heterocycles. The Morgan fingerprint density at radius 3 is 2.17 bits per heavy atom. The molecule has 0 aliphatic carbocycles. The van der Waals surface area contributed by atoms with E-state index in [4.69, 9.17) is 0 Å². The van der Waals surface area contributed by atoms with E-state index in [1.807, 2.05) is 0 Å². The third kappa shape index (κ3) is 4.73. The molecule has 1 aliphatic rings. The first-order valence-corrected chi connectivity index (χ1v) is 5.28. The SMILES string of the molecule is OC1CCCCCNCCCC1. The fraction of sp³-hybridized carbons (Fsp3) is 1.00. The van der Waals surface area contributed by atoms with Gasteiger partial charge in [-0.3, -0.25) is 0 Å². The van der Waals surface area contributed by atoms with E-state index < -0.39 is 0 Å². The van der Waals surface area contributed by atoms with Crippen LogP contribution in [0.25, 0.3) is 0 Å². The Kier molecular flexibility index (Phi) is 5.37. The molecule has 2 heteroatoms. The molecule has 1 saturated heterocycles. The van der Waals surface area contributed by atoms with Gasteiger partial charge in [-0.15, -0.1) is 0 Å². The minimum absolute atomic E-state index is 0.0249. The fourth-order valence-corrected chi connectivity index (χ4v) is 1.71. The van der Waals surface area contributed by atoms with Crippen LogP contribution < -0.4 is 5.32 Å². The Hall–Kier alpha value is -0.0800. The summed E-state index contributed by atoms with van der Waals surface area (Å²) < 4.78 is 0. The number of rotatable bonds is 0. The molecule has 1 rings (SSSR count). The summed E-state index contributed by atoms with van der Waals surface area (Å²) in [6.07, 6.45) is 8.12. The first kappa shape index (κ1) is 10.0. The monoisotopic (exact) mass is 171 g/mol. The van der Waals surface area contributed by atoms with E-state index in [1.54, 1.807) is 0 Å². The van der Waals surface area contributed by atoms with Crippen molar-refractivity contribution in [2.75, 3.05) is 13.1 Å². The normalized spacial score (nSPS) is 29.2. The van der Waals surface area contributed by atoms with Crippen LogP contribution in [0.3, 0.4) is 0 Å². The van der Waals surface area contributed by atoms with Crippen molar-refractivity contribution >= 4 is 0 Å². The van der Waals surface area contributed by atoms with Crippen molar-refractivity contribution in [1.29, 1.82) is 0 Å². The van der Waals surface area contributed by atoms with Gasteiger partial charge in [-0.05, 0) is 45.2 Å². The van der Waals surface area contributed by atoms with Crippen LogP contribution in [0, 0.1) is 0 Å². The summed E-state index contributed by atoms with van der Waals surface area (Å²) in [4.78, 5) is 0. The van der Waals surface area contributed by atoms with Crippen LogP contribution in [0.2, 0.25) is 0 Å². The summed E-state index contributed by atoms with van der Waals surface area (Å²) in [6.45, 7) is 2.29. The van der Waals surface area contributed by atoms with Crippen molar-refractivity contribution < 1.29 is 5.11 Å². The maximum absolute atomic E-state index is 9.50. The van der Waals surface area contributed by atoms with E-state index in [9.17, 15) is 5.11 Å². The standard InChI is InChI=1S/C10H21NO/c12-10-6-2-1-4-8-11-9-5-3-7-10/h10-12H,1-9H2. The molecule has 72 valence electrons. The number of aliphatic hydroxyl groups is 1. The van der Waals surface area contributed by atoms with Crippen LogP contribution >= 0.6 is 0 Å². The van der Waals surface area contributed by atoms with Crippen molar-refractivity contribution in [3.63, 3.8) is 0 Å². The van der Waals surface area contributed by atoms with Crippen LogP contribution in [0.15, 0.2) is 0 Å². The molecule has 1 unspecified atom stereocenters. The lowest BCUT2D eigenvalue weighted by molar-refractivity contribution is 0.148. The van der Waals surface area contributed by atoms with Gasteiger partial charge in [0.25, 0.3) is 0 Å². The molecule has 0 saturated carbocycles. The van der Waals surface area contributed by atoms with Crippen LogP contribution in [-0.4, -0.2) is 24.3 Å². The van der Waals surface area contributed by atoms with Gasteiger partial charge >= 0.3 is 0 Å². The highest BCUT2D eigenvalue weighted by Crippen LogP contribution is 2.10. The van der Waals surface area contributed by atoms with Crippen molar-refractivity contribution in [3.8, 4) is 0 Å². The second kappa shape index (κ2) is 6.44. The molecule has 0 aromatic rings. The highest BCUT2D eigenvalue weighted by Gasteiger charge is 2.04. The van der Waals surface area contributed by atoms with E-state index in [0.29, 0.717) is 0 Å². The van der Waals surface area contributed by atoms with E-state index in [-0.39, 0.29) is 6.10 Å². The van der Waals surface area contributed by atoms with Gasteiger partial charge in [0.15, 0.2) is 0 Å². The van der Waals surface area contributed by atoms with Gasteiger partial charge in [-0.1, -0.05) is 12.8 Å². The molecule has 2 nitrogen and oxygen atoms in total. The average molecular weight is 171 g/mol. The zero-order chi connectivity index (χ0) is 8.65. The molecule has 1 fully saturated rings. The number of hydrogen-bond donors (Lipinski definition) is 2. The van der Waals surface area contributed by atoms with E-state index in [1.165, 1.54) is 32.1 Å². The second-order valence-electron chi connectivity index (χ2n) is 3.75. The lowest BCUT2D eigenvalue weighted by atomic mass is 10.1. The van der Waals surface area contributed by atoms with Crippen LogP contribution in [0.5, 0.6) is 0 Å². The average Bonchev–Trinajstić information content (AvgIpc) is 2.11. The lowest BCUT2D eigenvalue weighted by Crippen LogP contribution is -2.16. The second-order valence-corrected chi connectivity index (χ2v) is 3.75. The van der Waals surface area contributed by atoms with Crippen LogP contribution in [0.1, 0.15) is 44.9 Å². The van der Waals surface area contributed by atoms with Gasteiger partial charge in [-0.25, -0.2) is 0 Å². The zero-order valence-electron chi connectivity index (χ0n) is 7.89. The summed E-state index contributed by atoms with van der Waals surface area (Å²) in [6, 6.07) is 0. The third-order valence-electron chi connectivity index (χ3n) is 2.53. The Labute approximate surface area is 75.4 Å². The Morgan fingerprint density at radius 2 is 1.42 bits per heavy atom. The molecular weight excluding hydrogens is 150 g/mol. The Balaban J connectivity index is 2.13. The van der Waals surface area contributed by atoms with Gasteiger partial charge in [-0.2, -0.15) is 0 Å². The molecule has 0 aromatic heterocycles. The van der Waals surface area contributed by atoms with Crippen LogP contribution in [-0.2, 0) is 0 Å². The predicted molar refractivity (Wildman–Crippen MR) is 51.2 cm³/mol. The lowest BCUT2D eigenvalue weighted by Gasteiger charge is -2.08. The van der Waals surface area contributed by atoms with Crippen molar-refractivity contribution in [2.45, 2.75) is 51.0 Å². The van der Waals surface area contributed by atoms with E-state index in [0.717, 1.165) is 25.9 Å². The molecule has 0 amide bonds. The van der Waals surface area contributed by atoms with Gasteiger partial charge in [0.2, 0.25) is 0 Å². The molecule has 2 N–H and O–H groups in total. The number of hydrogen-bond acceptors (Lipinski definition) is 2. The van der Waals surface area contributed by atoms with E-state index >= 15 is 0 Å². The molecule has 0 aromatic carbocycles. The first-order chi connectivity index (χ1) is 5.89. The third-order valence-corrected chi connectivity index (χ3v) is 2.53.